The molecule has 0 bridgehead atoms. The fourth-order valence-corrected chi connectivity index (χ4v) is 4.33. The normalized spacial score (nSPS) is 18.2. The summed E-state index contributed by atoms with van der Waals surface area (Å²) in [6.45, 7) is 6.74. The Hall–Kier alpha value is -1.10. The Bertz CT molecular complexity index is 414. The SMILES string of the molecule is C[Si](C)(C)CCCC(C(=O)O)=C(C(=O)O)C1CCCCC1. The highest BCUT2D eigenvalue weighted by Gasteiger charge is 2.29. The van der Waals surface area contributed by atoms with E-state index in [-0.39, 0.29) is 17.1 Å². The van der Waals surface area contributed by atoms with Crippen molar-refractivity contribution in [1.82, 2.24) is 0 Å². The zero-order chi connectivity index (χ0) is 16.0. The molecule has 0 aliphatic heterocycles. The van der Waals surface area contributed by atoms with Gasteiger partial charge in [-0.15, -0.1) is 0 Å². The summed E-state index contributed by atoms with van der Waals surface area (Å²) in [5, 5.41) is 18.9. The number of carboxylic acids is 2. The number of hydrogen-bond donors (Lipinski definition) is 2. The molecule has 1 aliphatic carbocycles. The Labute approximate surface area is 128 Å². The van der Waals surface area contributed by atoms with Gasteiger partial charge in [-0.05, 0) is 25.2 Å². The average Bonchev–Trinajstić information content (AvgIpc) is 2.36. The van der Waals surface area contributed by atoms with Crippen molar-refractivity contribution < 1.29 is 19.8 Å². The van der Waals surface area contributed by atoms with E-state index in [1.807, 2.05) is 0 Å². The van der Waals surface area contributed by atoms with E-state index >= 15 is 0 Å². The lowest BCUT2D eigenvalue weighted by Gasteiger charge is -2.24. The topological polar surface area (TPSA) is 74.6 Å². The molecule has 21 heavy (non-hydrogen) atoms. The predicted octanol–water partition coefficient (Wildman–Crippen LogP) is 4.15. The zero-order valence-electron chi connectivity index (χ0n) is 13.4. The van der Waals surface area contributed by atoms with E-state index in [2.05, 4.69) is 19.6 Å². The van der Waals surface area contributed by atoms with Crippen molar-refractivity contribution >= 4 is 20.0 Å². The number of carboxylic acid groups (broad SMARTS) is 2. The number of carbonyl (C=O) groups is 2. The van der Waals surface area contributed by atoms with Gasteiger partial charge < -0.3 is 10.2 Å². The minimum absolute atomic E-state index is 0.0748. The van der Waals surface area contributed by atoms with Gasteiger partial charge in [0, 0.05) is 13.6 Å². The Kier molecular flexibility index (Phi) is 6.65. The minimum atomic E-state index is -1.22. The fraction of sp³-hybridized carbons (Fsp3) is 0.750. The molecule has 1 saturated carbocycles. The first kappa shape index (κ1) is 17.9. The molecule has 0 atom stereocenters. The Morgan fingerprint density at radius 3 is 2.00 bits per heavy atom. The number of aliphatic carboxylic acids is 2. The minimum Gasteiger partial charge on any atom is -0.478 e. The molecule has 0 heterocycles. The van der Waals surface area contributed by atoms with Crippen LogP contribution < -0.4 is 0 Å². The third kappa shape index (κ3) is 6.04. The molecule has 0 aromatic carbocycles. The summed E-state index contributed by atoms with van der Waals surface area (Å²) in [6, 6.07) is 1.03. The summed E-state index contributed by atoms with van der Waals surface area (Å²) in [7, 11) is -1.22. The first-order valence-corrected chi connectivity index (χ1v) is 11.6. The maximum atomic E-state index is 11.6. The molecule has 2 N–H and O–H groups in total. The largest absolute Gasteiger partial charge is 0.478 e. The van der Waals surface area contributed by atoms with Crippen molar-refractivity contribution in [3.05, 3.63) is 11.1 Å². The van der Waals surface area contributed by atoms with Crippen LogP contribution in [0.5, 0.6) is 0 Å². The highest BCUT2D eigenvalue weighted by atomic mass is 28.3. The summed E-state index contributed by atoms with van der Waals surface area (Å²) < 4.78 is 0. The molecule has 0 spiro atoms. The van der Waals surface area contributed by atoms with Crippen LogP contribution in [0.25, 0.3) is 0 Å². The summed E-state index contributed by atoms with van der Waals surface area (Å²) in [5.41, 5.74) is 0.324. The monoisotopic (exact) mass is 312 g/mol. The summed E-state index contributed by atoms with van der Waals surface area (Å²) in [4.78, 5) is 23.1. The van der Waals surface area contributed by atoms with Crippen LogP contribution in [0.15, 0.2) is 11.1 Å². The third-order valence-electron chi connectivity index (χ3n) is 4.18. The van der Waals surface area contributed by atoms with Crippen LogP contribution in [0.2, 0.25) is 25.7 Å². The second-order valence-corrected chi connectivity index (χ2v) is 12.9. The molecule has 0 aromatic rings. The van der Waals surface area contributed by atoms with Gasteiger partial charge in [-0.25, -0.2) is 9.59 Å². The van der Waals surface area contributed by atoms with Gasteiger partial charge >= 0.3 is 11.9 Å². The van der Waals surface area contributed by atoms with E-state index in [4.69, 9.17) is 0 Å². The molecule has 0 aromatic heterocycles. The van der Waals surface area contributed by atoms with E-state index in [0.29, 0.717) is 6.42 Å². The summed E-state index contributed by atoms with van der Waals surface area (Å²) in [6.07, 6.45) is 5.92. The average molecular weight is 312 g/mol. The van der Waals surface area contributed by atoms with Crippen LogP contribution in [0.4, 0.5) is 0 Å². The molecule has 0 unspecified atom stereocenters. The Morgan fingerprint density at radius 2 is 1.57 bits per heavy atom. The lowest BCUT2D eigenvalue weighted by Crippen LogP contribution is -2.22. The third-order valence-corrected chi connectivity index (χ3v) is 6.03. The molecule has 0 saturated heterocycles. The van der Waals surface area contributed by atoms with Crippen LogP contribution in [0.1, 0.15) is 44.9 Å². The molecule has 4 nitrogen and oxygen atoms in total. The van der Waals surface area contributed by atoms with Gasteiger partial charge in [0.1, 0.15) is 0 Å². The van der Waals surface area contributed by atoms with E-state index in [1.54, 1.807) is 0 Å². The second-order valence-electron chi connectivity index (χ2n) is 7.25. The van der Waals surface area contributed by atoms with Crippen molar-refractivity contribution in [1.29, 1.82) is 0 Å². The number of hydrogen-bond acceptors (Lipinski definition) is 2. The lowest BCUT2D eigenvalue weighted by molar-refractivity contribution is -0.136. The quantitative estimate of drug-likeness (QED) is 0.547. The molecule has 1 rings (SSSR count). The van der Waals surface area contributed by atoms with E-state index < -0.39 is 20.0 Å². The smallest absolute Gasteiger partial charge is 0.332 e. The van der Waals surface area contributed by atoms with Crippen molar-refractivity contribution in [2.75, 3.05) is 0 Å². The highest BCUT2D eigenvalue weighted by Crippen LogP contribution is 2.33. The van der Waals surface area contributed by atoms with Crippen LogP contribution in [0.3, 0.4) is 0 Å². The maximum Gasteiger partial charge on any atom is 0.332 e. The van der Waals surface area contributed by atoms with Crippen LogP contribution in [-0.4, -0.2) is 30.2 Å². The van der Waals surface area contributed by atoms with Gasteiger partial charge in [-0.1, -0.05) is 51.4 Å². The molecule has 120 valence electrons. The first-order valence-electron chi connectivity index (χ1n) is 7.92. The maximum absolute atomic E-state index is 11.6. The van der Waals surface area contributed by atoms with E-state index in [1.165, 1.54) is 0 Å². The highest BCUT2D eigenvalue weighted by molar-refractivity contribution is 6.76. The Morgan fingerprint density at radius 1 is 1.00 bits per heavy atom. The summed E-state index contributed by atoms with van der Waals surface area (Å²) in [5.74, 6) is -2.16. The van der Waals surface area contributed by atoms with Crippen molar-refractivity contribution in [3.63, 3.8) is 0 Å². The van der Waals surface area contributed by atoms with Crippen molar-refractivity contribution in [2.24, 2.45) is 5.92 Å². The van der Waals surface area contributed by atoms with Gasteiger partial charge in [0.2, 0.25) is 0 Å². The first-order chi connectivity index (χ1) is 9.72. The molecule has 1 fully saturated rings. The Balaban J connectivity index is 2.93. The molecule has 0 amide bonds. The van der Waals surface area contributed by atoms with Gasteiger partial charge in [0.25, 0.3) is 0 Å². The molecular weight excluding hydrogens is 284 g/mol. The van der Waals surface area contributed by atoms with Crippen LogP contribution in [0, 0.1) is 5.92 Å². The predicted molar refractivity (Wildman–Crippen MR) is 86.3 cm³/mol. The van der Waals surface area contributed by atoms with Crippen molar-refractivity contribution in [3.8, 4) is 0 Å². The molecule has 1 aliphatic rings. The molecular formula is C16H28O4Si. The number of rotatable bonds is 7. The standard InChI is InChI=1S/C16H28O4Si/c1-21(2,3)11-7-10-13(15(17)18)14(16(19)20)12-8-5-4-6-9-12/h12H,4-11H2,1-3H3,(H,17,18)(H,19,20). The van der Waals surface area contributed by atoms with E-state index in [0.717, 1.165) is 44.6 Å². The molecule has 0 radical (unpaired) electrons. The van der Waals surface area contributed by atoms with Crippen molar-refractivity contribution in [2.45, 2.75) is 70.6 Å². The molecule has 5 heteroatoms. The lowest BCUT2D eigenvalue weighted by atomic mass is 9.81. The van der Waals surface area contributed by atoms with Gasteiger partial charge in [-0.2, -0.15) is 0 Å². The fourth-order valence-electron chi connectivity index (χ4n) is 3.09. The van der Waals surface area contributed by atoms with E-state index in [9.17, 15) is 19.8 Å². The summed E-state index contributed by atoms with van der Waals surface area (Å²) >= 11 is 0. The van der Waals surface area contributed by atoms with Gasteiger partial charge in [0.05, 0.1) is 5.57 Å². The van der Waals surface area contributed by atoms with Crippen LogP contribution >= 0.6 is 0 Å². The van der Waals surface area contributed by atoms with Gasteiger partial charge in [0.15, 0.2) is 0 Å². The second kappa shape index (κ2) is 7.78. The van der Waals surface area contributed by atoms with Crippen LogP contribution in [-0.2, 0) is 9.59 Å². The van der Waals surface area contributed by atoms with Gasteiger partial charge in [-0.3, -0.25) is 0 Å². The zero-order valence-corrected chi connectivity index (χ0v) is 14.4.